The lowest BCUT2D eigenvalue weighted by Gasteiger charge is -2.36. The largest absolute Gasteiger partial charge is 0.493 e. The first-order chi connectivity index (χ1) is 14.3. The molecule has 0 aliphatic carbocycles. The van der Waals surface area contributed by atoms with Crippen LogP contribution in [0.5, 0.6) is 5.75 Å². The number of para-hydroxylation sites is 1. The van der Waals surface area contributed by atoms with E-state index < -0.39 is 0 Å². The fourth-order valence-electron chi connectivity index (χ4n) is 3.78. The molecule has 0 unspecified atom stereocenters. The second-order valence-electron chi connectivity index (χ2n) is 7.44. The van der Waals surface area contributed by atoms with Crippen molar-refractivity contribution in [1.82, 2.24) is 10.2 Å². The molecule has 29 heavy (non-hydrogen) atoms. The molecular formula is C24H32N2O3. The first-order valence-corrected chi connectivity index (χ1v) is 10.5. The molecule has 2 aromatic rings. The lowest BCUT2D eigenvalue weighted by molar-refractivity contribution is -0.134. The third-order valence-electron chi connectivity index (χ3n) is 5.32. The first-order valence-electron chi connectivity index (χ1n) is 10.5. The van der Waals surface area contributed by atoms with Crippen LogP contribution in [0.3, 0.4) is 0 Å². The summed E-state index contributed by atoms with van der Waals surface area (Å²) in [5.74, 6) is 1.10. The van der Waals surface area contributed by atoms with Crippen molar-refractivity contribution in [3.63, 3.8) is 0 Å². The second kappa shape index (κ2) is 11.6. The Kier molecular flexibility index (Phi) is 8.53. The molecule has 1 amide bonds. The van der Waals surface area contributed by atoms with Gasteiger partial charge in [0.05, 0.1) is 6.61 Å². The highest BCUT2D eigenvalue weighted by Crippen LogP contribution is 2.21. The van der Waals surface area contributed by atoms with E-state index in [0.29, 0.717) is 26.1 Å². The molecule has 1 N–H and O–H groups in total. The van der Waals surface area contributed by atoms with Crippen molar-refractivity contribution >= 4 is 5.91 Å². The molecule has 1 aliphatic rings. The van der Waals surface area contributed by atoms with E-state index >= 15 is 0 Å². The molecule has 0 radical (unpaired) electrons. The summed E-state index contributed by atoms with van der Waals surface area (Å²) in [5.41, 5.74) is 2.36. The summed E-state index contributed by atoms with van der Waals surface area (Å²) in [5, 5.41) is 3.43. The number of methoxy groups -OCH3 is 1. The zero-order valence-corrected chi connectivity index (χ0v) is 17.3. The van der Waals surface area contributed by atoms with Crippen LogP contribution in [0, 0.1) is 0 Å². The number of ether oxygens (including phenoxy) is 2. The molecular weight excluding hydrogens is 364 g/mol. The highest BCUT2D eigenvalue weighted by atomic mass is 16.5. The summed E-state index contributed by atoms with van der Waals surface area (Å²) < 4.78 is 11.0. The van der Waals surface area contributed by atoms with Gasteiger partial charge in [0.15, 0.2) is 0 Å². The van der Waals surface area contributed by atoms with Gasteiger partial charge in [0.1, 0.15) is 5.75 Å². The van der Waals surface area contributed by atoms with Gasteiger partial charge in [-0.25, -0.2) is 0 Å². The second-order valence-corrected chi connectivity index (χ2v) is 7.44. The molecule has 0 spiro atoms. The van der Waals surface area contributed by atoms with Gasteiger partial charge in [0.25, 0.3) is 0 Å². The summed E-state index contributed by atoms with van der Waals surface area (Å²) in [6, 6.07) is 18.6. The molecule has 0 saturated carbocycles. The molecule has 3 rings (SSSR count). The van der Waals surface area contributed by atoms with Gasteiger partial charge in [-0.2, -0.15) is 0 Å². The normalized spacial score (nSPS) is 16.6. The van der Waals surface area contributed by atoms with Gasteiger partial charge >= 0.3 is 0 Å². The fourth-order valence-corrected chi connectivity index (χ4v) is 3.78. The molecule has 1 heterocycles. The van der Waals surface area contributed by atoms with Gasteiger partial charge in [0, 0.05) is 52.2 Å². The zero-order valence-electron chi connectivity index (χ0n) is 17.3. The maximum Gasteiger partial charge on any atom is 0.223 e. The Morgan fingerprint density at radius 1 is 1.10 bits per heavy atom. The van der Waals surface area contributed by atoms with Crippen LogP contribution in [-0.2, 0) is 22.4 Å². The average molecular weight is 397 g/mol. The van der Waals surface area contributed by atoms with Gasteiger partial charge in [-0.1, -0.05) is 48.5 Å². The summed E-state index contributed by atoms with van der Waals surface area (Å²) in [7, 11) is 1.70. The van der Waals surface area contributed by atoms with E-state index in [2.05, 4.69) is 40.5 Å². The number of hydrogen-bond acceptors (Lipinski definition) is 4. The fraction of sp³-hybridized carbons (Fsp3) is 0.458. The number of rotatable bonds is 10. The van der Waals surface area contributed by atoms with Crippen molar-refractivity contribution in [2.75, 3.05) is 40.0 Å². The van der Waals surface area contributed by atoms with Gasteiger partial charge in [-0.05, 0) is 30.0 Å². The number of carbonyl (C=O) groups excluding carboxylic acids is 1. The van der Waals surface area contributed by atoms with Crippen LogP contribution in [0.4, 0.5) is 0 Å². The van der Waals surface area contributed by atoms with Crippen LogP contribution in [0.2, 0.25) is 0 Å². The standard InChI is InChI=1S/C24H32N2O3/c1-28-16-7-17-29-23-11-6-5-10-21(23)12-13-24(27)26-15-14-25-19-22(26)18-20-8-3-2-4-9-20/h2-6,8-11,22,25H,7,12-19H2,1H3/t22-/m1/s1. The van der Waals surface area contributed by atoms with Gasteiger partial charge in [0.2, 0.25) is 5.91 Å². The molecule has 156 valence electrons. The zero-order chi connectivity index (χ0) is 20.3. The molecule has 2 aromatic carbocycles. The smallest absolute Gasteiger partial charge is 0.223 e. The molecule has 1 fully saturated rings. The highest BCUT2D eigenvalue weighted by molar-refractivity contribution is 5.77. The number of amides is 1. The number of aryl methyl sites for hydroxylation is 1. The Labute approximate surface area is 174 Å². The number of carbonyl (C=O) groups is 1. The van der Waals surface area contributed by atoms with E-state index in [1.807, 2.05) is 24.3 Å². The van der Waals surface area contributed by atoms with Gasteiger partial charge < -0.3 is 19.7 Å². The SMILES string of the molecule is COCCCOc1ccccc1CCC(=O)N1CCNC[C@H]1Cc1ccccc1. The Balaban J connectivity index is 1.56. The van der Waals surface area contributed by atoms with E-state index in [4.69, 9.17) is 9.47 Å². The van der Waals surface area contributed by atoms with E-state index in [1.54, 1.807) is 7.11 Å². The molecule has 1 atom stereocenters. The third kappa shape index (κ3) is 6.58. The van der Waals surface area contributed by atoms with E-state index in [-0.39, 0.29) is 11.9 Å². The monoisotopic (exact) mass is 396 g/mol. The van der Waals surface area contributed by atoms with Gasteiger partial charge in [-0.3, -0.25) is 4.79 Å². The maximum atomic E-state index is 13.0. The average Bonchev–Trinajstić information content (AvgIpc) is 2.77. The minimum absolute atomic E-state index is 0.208. The van der Waals surface area contributed by atoms with Crippen LogP contribution in [-0.4, -0.2) is 56.8 Å². The Morgan fingerprint density at radius 2 is 1.90 bits per heavy atom. The molecule has 5 nitrogen and oxygen atoms in total. The van der Waals surface area contributed by atoms with E-state index in [9.17, 15) is 4.79 Å². The Morgan fingerprint density at radius 3 is 2.72 bits per heavy atom. The molecule has 0 bridgehead atoms. The van der Waals surface area contributed by atoms with Gasteiger partial charge in [-0.15, -0.1) is 0 Å². The molecule has 0 aromatic heterocycles. The van der Waals surface area contributed by atoms with Crippen LogP contribution in [0.25, 0.3) is 0 Å². The topological polar surface area (TPSA) is 50.8 Å². The Hall–Kier alpha value is -2.37. The number of nitrogens with one attached hydrogen (secondary N) is 1. The predicted molar refractivity (Wildman–Crippen MR) is 115 cm³/mol. The lowest BCUT2D eigenvalue weighted by Crippen LogP contribution is -2.54. The minimum atomic E-state index is 0.208. The van der Waals surface area contributed by atoms with Crippen LogP contribution >= 0.6 is 0 Å². The van der Waals surface area contributed by atoms with Crippen molar-refractivity contribution < 1.29 is 14.3 Å². The number of piperazine rings is 1. The minimum Gasteiger partial charge on any atom is -0.493 e. The highest BCUT2D eigenvalue weighted by Gasteiger charge is 2.26. The summed E-state index contributed by atoms with van der Waals surface area (Å²) in [4.78, 5) is 15.1. The third-order valence-corrected chi connectivity index (χ3v) is 5.32. The summed E-state index contributed by atoms with van der Waals surface area (Å²) in [6.45, 7) is 3.78. The van der Waals surface area contributed by atoms with Crippen molar-refractivity contribution in [1.29, 1.82) is 0 Å². The van der Waals surface area contributed by atoms with Crippen molar-refractivity contribution in [3.8, 4) is 5.75 Å². The van der Waals surface area contributed by atoms with Crippen molar-refractivity contribution in [2.24, 2.45) is 0 Å². The summed E-state index contributed by atoms with van der Waals surface area (Å²) in [6.07, 6.45) is 2.94. The quantitative estimate of drug-likeness (QED) is 0.627. The van der Waals surface area contributed by atoms with Crippen LogP contribution in [0.1, 0.15) is 24.0 Å². The number of benzene rings is 2. The van der Waals surface area contributed by atoms with Crippen molar-refractivity contribution in [3.05, 3.63) is 65.7 Å². The van der Waals surface area contributed by atoms with E-state index in [0.717, 1.165) is 43.8 Å². The molecule has 1 aliphatic heterocycles. The van der Waals surface area contributed by atoms with E-state index in [1.165, 1.54) is 5.56 Å². The van der Waals surface area contributed by atoms with Crippen LogP contribution in [0.15, 0.2) is 54.6 Å². The Bertz CT molecular complexity index is 751. The van der Waals surface area contributed by atoms with Crippen molar-refractivity contribution in [2.45, 2.75) is 31.7 Å². The lowest BCUT2D eigenvalue weighted by atomic mass is 10.0. The molecule has 5 heteroatoms. The molecule has 1 saturated heterocycles. The number of hydrogen-bond donors (Lipinski definition) is 1. The van der Waals surface area contributed by atoms with Crippen LogP contribution < -0.4 is 10.1 Å². The number of nitrogens with zero attached hydrogens (tertiary/aromatic N) is 1. The predicted octanol–water partition coefficient (Wildman–Crippen LogP) is 3.08. The first kappa shape index (κ1) is 21.3. The summed E-state index contributed by atoms with van der Waals surface area (Å²) >= 11 is 0. The maximum absolute atomic E-state index is 13.0.